The molecule has 0 aliphatic carbocycles. The van der Waals surface area contributed by atoms with E-state index >= 15 is 0 Å². The Bertz CT molecular complexity index is 971. The molecule has 1 N–H and O–H groups in total. The smallest absolute Gasteiger partial charge is 0.242 e. The molecule has 0 saturated heterocycles. The zero-order valence-corrected chi connectivity index (χ0v) is 17.5. The van der Waals surface area contributed by atoms with Gasteiger partial charge in [0.25, 0.3) is 0 Å². The second kappa shape index (κ2) is 10.4. The minimum absolute atomic E-state index is 0.0577. The molecule has 0 saturated carbocycles. The Kier molecular flexibility index (Phi) is 7.39. The van der Waals surface area contributed by atoms with Crippen molar-refractivity contribution < 1.29 is 9.59 Å². The summed E-state index contributed by atoms with van der Waals surface area (Å²) in [6.45, 7) is 2.39. The Labute approximate surface area is 178 Å². The first kappa shape index (κ1) is 21.3. The average molecular weight is 401 g/mol. The molecular weight excluding hydrogens is 372 g/mol. The summed E-state index contributed by atoms with van der Waals surface area (Å²) in [4.78, 5) is 28.0. The molecule has 154 valence electrons. The molecule has 2 amide bonds. The van der Waals surface area contributed by atoms with Crippen molar-refractivity contribution in [3.8, 4) is 0 Å². The van der Waals surface area contributed by atoms with Crippen LogP contribution in [0.1, 0.15) is 22.3 Å². The van der Waals surface area contributed by atoms with E-state index in [1.54, 1.807) is 11.9 Å². The first-order valence-electron chi connectivity index (χ1n) is 10.2. The van der Waals surface area contributed by atoms with Crippen LogP contribution in [0, 0.1) is 6.92 Å². The van der Waals surface area contributed by atoms with Crippen LogP contribution in [0.5, 0.6) is 0 Å². The number of rotatable bonds is 8. The lowest BCUT2D eigenvalue weighted by atomic mass is 10.0. The number of aryl methyl sites for hydroxylation is 1. The third kappa shape index (κ3) is 5.57. The van der Waals surface area contributed by atoms with Gasteiger partial charge in [-0.25, -0.2) is 0 Å². The standard InChI is InChI=1S/C26H28N2O2/c1-20-11-9-10-16-23(20)18-25(29)28(19-22-14-7-4-8-15-22)24(26(30)27-2)17-21-12-5-3-6-13-21/h3-16,24H,17-19H2,1-2H3,(H,27,30). The van der Waals surface area contributed by atoms with Crippen molar-refractivity contribution in [2.75, 3.05) is 7.05 Å². The van der Waals surface area contributed by atoms with Crippen LogP contribution in [0.2, 0.25) is 0 Å². The topological polar surface area (TPSA) is 49.4 Å². The average Bonchev–Trinajstić information content (AvgIpc) is 2.78. The van der Waals surface area contributed by atoms with Gasteiger partial charge >= 0.3 is 0 Å². The molecule has 4 nitrogen and oxygen atoms in total. The predicted molar refractivity (Wildman–Crippen MR) is 120 cm³/mol. The van der Waals surface area contributed by atoms with Gasteiger partial charge in [-0.2, -0.15) is 0 Å². The van der Waals surface area contributed by atoms with Gasteiger partial charge in [0, 0.05) is 20.0 Å². The van der Waals surface area contributed by atoms with E-state index in [1.807, 2.05) is 91.9 Å². The summed E-state index contributed by atoms with van der Waals surface area (Å²) in [6.07, 6.45) is 0.731. The van der Waals surface area contributed by atoms with Crippen molar-refractivity contribution >= 4 is 11.8 Å². The van der Waals surface area contributed by atoms with Gasteiger partial charge in [-0.05, 0) is 29.2 Å². The van der Waals surface area contributed by atoms with Crippen molar-refractivity contribution in [1.29, 1.82) is 0 Å². The molecule has 0 radical (unpaired) electrons. The van der Waals surface area contributed by atoms with Gasteiger partial charge in [-0.1, -0.05) is 84.9 Å². The fourth-order valence-corrected chi connectivity index (χ4v) is 3.57. The summed E-state index contributed by atoms with van der Waals surface area (Å²) in [7, 11) is 1.62. The Morgan fingerprint density at radius 1 is 0.833 bits per heavy atom. The third-order valence-electron chi connectivity index (χ3n) is 5.32. The van der Waals surface area contributed by atoms with Crippen molar-refractivity contribution in [2.45, 2.75) is 32.4 Å². The number of carbonyl (C=O) groups is 2. The number of amides is 2. The van der Waals surface area contributed by atoms with E-state index in [1.165, 1.54) is 0 Å². The zero-order valence-electron chi connectivity index (χ0n) is 17.5. The number of carbonyl (C=O) groups excluding carboxylic acids is 2. The lowest BCUT2D eigenvalue weighted by molar-refractivity contribution is -0.140. The molecule has 30 heavy (non-hydrogen) atoms. The van der Waals surface area contributed by atoms with Crippen LogP contribution < -0.4 is 5.32 Å². The van der Waals surface area contributed by atoms with E-state index in [0.717, 1.165) is 22.3 Å². The van der Waals surface area contributed by atoms with Crippen LogP contribution in [0.4, 0.5) is 0 Å². The number of benzene rings is 3. The lowest BCUT2D eigenvalue weighted by Gasteiger charge is -2.31. The van der Waals surface area contributed by atoms with E-state index in [0.29, 0.717) is 13.0 Å². The van der Waals surface area contributed by atoms with Gasteiger partial charge in [0.15, 0.2) is 0 Å². The van der Waals surface area contributed by atoms with Crippen LogP contribution in [0.25, 0.3) is 0 Å². The molecule has 3 rings (SSSR count). The summed E-state index contributed by atoms with van der Waals surface area (Å²) in [6, 6.07) is 26.9. The molecule has 3 aromatic rings. The van der Waals surface area contributed by atoms with Gasteiger partial charge in [-0.15, -0.1) is 0 Å². The van der Waals surface area contributed by atoms with E-state index in [-0.39, 0.29) is 18.2 Å². The molecule has 0 bridgehead atoms. The largest absolute Gasteiger partial charge is 0.357 e. The molecule has 3 aromatic carbocycles. The summed E-state index contributed by atoms with van der Waals surface area (Å²) < 4.78 is 0. The van der Waals surface area contributed by atoms with E-state index in [9.17, 15) is 9.59 Å². The first-order valence-corrected chi connectivity index (χ1v) is 10.2. The van der Waals surface area contributed by atoms with Crippen LogP contribution in [0.3, 0.4) is 0 Å². The second-order valence-corrected chi connectivity index (χ2v) is 7.43. The molecule has 0 aromatic heterocycles. The molecule has 0 aliphatic heterocycles. The Hall–Kier alpha value is -3.40. The summed E-state index contributed by atoms with van der Waals surface area (Å²) in [5.74, 6) is -0.217. The molecule has 0 spiro atoms. The molecule has 0 aliphatic rings. The second-order valence-electron chi connectivity index (χ2n) is 7.43. The number of nitrogens with zero attached hydrogens (tertiary/aromatic N) is 1. The minimum atomic E-state index is -0.589. The minimum Gasteiger partial charge on any atom is -0.357 e. The maximum absolute atomic E-state index is 13.5. The SMILES string of the molecule is CNC(=O)C(Cc1ccccc1)N(Cc1ccccc1)C(=O)Cc1ccccc1C. The van der Waals surface area contributed by atoms with Gasteiger partial charge in [-0.3, -0.25) is 9.59 Å². The molecular formula is C26H28N2O2. The van der Waals surface area contributed by atoms with Gasteiger partial charge < -0.3 is 10.2 Å². The van der Waals surface area contributed by atoms with E-state index in [2.05, 4.69) is 5.32 Å². The monoisotopic (exact) mass is 400 g/mol. The Balaban J connectivity index is 1.93. The quantitative estimate of drug-likeness (QED) is 0.623. The van der Waals surface area contributed by atoms with Gasteiger partial charge in [0.2, 0.25) is 11.8 Å². The van der Waals surface area contributed by atoms with Crippen LogP contribution in [-0.4, -0.2) is 29.8 Å². The number of hydrogen-bond acceptors (Lipinski definition) is 2. The maximum atomic E-state index is 13.5. The highest BCUT2D eigenvalue weighted by Crippen LogP contribution is 2.17. The maximum Gasteiger partial charge on any atom is 0.242 e. The third-order valence-corrected chi connectivity index (χ3v) is 5.32. The fraction of sp³-hybridized carbons (Fsp3) is 0.231. The van der Waals surface area contributed by atoms with Crippen molar-refractivity contribution in [2.24, 2.45) is 0 Å². The molecule has 1 unspecified atom stereocenters. The van der Waals surface area contributed by atoms with Gasteiger partial charge in [0.05, 0.1) is 6.42 Å². The summed E-state index contributed by atoms with van der Waals surface area (Å²) >= 11 is 0. The molecule has 0 heterocycles. The van der Waals surface area contributed by atoms with E-state index < -0.39 is 6.04 Å². The lowest BCUT2D eigenvalue weighted by Crippen LogP contribution is -2.50. The highest BCUT2D eigenvalue weighted by Gasteiger charge is 2.29. The highest BCUT2D eigenvalue weighted by atomic mass is 16.2. The summed E-state index contributed by atoms with van der Waals surface area (Å²) in [5.41, 5.74) is 4.08. The van der Waals surface area contributed by atoms with E-state index in [4.69, 9.17) is 0 Å². The van der Waals surface area contributed by atoms with Crippen LogP contribution in [-0.2, 0) is 29.0 Å². The Morgan fingerprint density at radius 2 is 1.40 bits per heavy atom. The number of nitrogens with one attached hydrogen (secondary N) is 1. The molecule has 4 heteroatoms. The normalized spacial score (nSPS) is 11.5. The predicted octanol–water partition coefficient (Wildman–Crippen LogP) is 3.92. The van der Waals surface area contributed by atoms with Gasteiger partial charge in [0.1, 0.15) is 6.04 Å². The highest BCUT2D eigenvalue weighted by molar-refractivity contribution is 5.88. The molecule has 0 fully saturated rings. The number of hydrogen-bond donors (Lipinski definition) is 1. The van der Waals surface area contributed by atoms with Crippen LogP contribution >= 0.6 is 0 Å². The fourth-order valence-electron chi connectivity index (χ4n) is 3.57. The number of likely N-dealkylation sites (N-methyl/N-ethyl adjacent to an activating group) is 1. The van der Waals surface area contributed by atoms with Crippen molar-refractivity contribution in [1.82, 2.24) is 10.2 Å². The van der Waals surface area contributed by atoms with Crippen molar-refractivity contribution in [3.05, 3.63) is 107 Å². The van der Waals surface area contributed by atoms with Crippen molar-refractivity contribution in [3.63, 3.8) is 0 Å². The zero-order chi connectivity index (χ0) is 21.3. The first-order chi connectivity index (χ1) is 14.6. The Morgan fingerprint density at radius 3 is 2.00 bits per heavy atom. The summed E-state index contributed by atoms with van der Waals surface area (Å²) in [5, 5.41) is 2.75. The molecule has 1 atom stereocenters. The van der Waals surface area contributed by atoms with Crippen LogP contribution in [0.15, 0.2) is 84.9 Å².